The molecule has 1 atom stereocenters. The van der Waals surface area contributed by atoms with Gasteiger partial charge in [-0.2, -0.15) is 0 Å². The molecule has 0 aliphatic carbocycles. The van der Waals surface area contributed by atoms with E-state index < -0.39 is 10.0 Å². The highest BCUT2D eigenvalue weighted by molar-refractivity contribution is 7.88. The van der Waals surface area contributed by atoms with Crippen molar-refractivity contribution in [1.82, 2.24) is 14.5 Å². The molecule has 0 radical (unpaired) electrons. The Morgan fingerprint density at radius 3 is 2.27 bits per heavy atom. The van der Waals surface area contributed by atoms with Crippen LogP contribution in [0, 0.1) is 5.92 Å². The van der Waals surface area contributed by atoms with Crippen LogP contribution in [0.1, 0.15) is 36.9 Å². The molecule has 1 aliphatic heterocycles. The molecular formula is C19H31N3O3S. The topological polar surface area (TPSA) is 69.7 Å². The maximum absolute atomic E-state index is 12.5. The molecular weight excluding hydrogens is 350 g/mol. The minimum Gasteiger partial charge on any atom is -0.354 e. The number of benzene rings is 1. The summed E-state index contributed by atoms with van der Waals surface area (Å²) < 4.78 is 24.6. The van der Waals surface area contributed by atoms with E-state index in [1.165, 1.54) is 21.7 Å². The van der Waals surface area contributed by atoms with Gasteiger partial charge in [0.15, 0.2) is 0 Å². The summed E-state index contributed by atoms with van der Waals surface area (Å²) in [6.07, 6.45) is 3.39. The lowest BCUT2D eigenvalue weighted by Gasteiger charge is -2.30. The van der Waals surface area contributed by atoms with Gasteiger partial charge in [0.25, 0.3) is 0 Å². The van der Waals surface area contributed by atoms with Crippen LogP contribution < -0.4 is 5.32 Å². The summed E-state index contributed by atoms with van der Waals surface area (Å²) in [6.45, 7) is 3.52. The van der Waals surface area contributed by atoms with E-state index in [0.717, 1.165) is 6.42 Å². The molecule has 1 N–H and O–H groups in total. The fourth-order valence-electron chi connectivity index (χ4n) is 3.37. The molecule has 1 fully saturated rings. The quantitative estimate of drug-likeness (QED) is 0.780. The van der Waals surface area contributed by atoms with Crippen molar-refractivity contribution in [1.29, 1.82) is 0 Å². The van der Waals surface area contributed by atoms with Crippen LogP contribution in [0.4, 0.5) is 0 Å². The van der Waals surface area contributed by atoms with Crippen LogP contribution in [0.15, 0.2) is 24.3 Å². The van der Waals surface area contributed by atoms with Crippen molar-refractivity contribution in [3.05, 3.63) is 35.4 Å². The first-order valence-corrected chi connectivity index (χ1v) is 11.0. The molecule has 0 bridgehead atoms. The average Bonchev–Trinajstić information content (AvgIpc) is 2.61. The zero-order valence-corrected chi connectivity index (χ0v) is 17.1. The number of piperidine rings is 1. The van der Waals surface area contributed by atoms with E-state index in [1.807, 2.05) is 14.1 Å². The predicted octanol–water partition coefficient (Wildman–Crippen LogP) is 1.64. The normalized spacial score (nSPS) is 18.0. The second kappa shape index (κ2) is 8.97. The summed E-state index contributed by atoms with van der Waals surface area (Å²) in [6, 6.07) is 8.63. The number of carbonyl (C=O) groups is 1. The maximum Gasteiger partial charge on any atom is 0.223 e. The summed E-state index contributed by atoms with van der Waals surface area (Å²) in [5.41, 5.74) is 2.48. The van der Waals surface area contributed by atoms with Gasteiger partial charge in [-0.25, -0.2) is 12.7 Å². The highest BCUT2D eigenvalue weighted by atomic mass is 32.2. The Labute approximate surface area is 157 Å². The molecule has 2 rings (SSSR count). The average molecular weight is 382 g/mol. The van der Waals surface area contributed by atoms with Gasteiger partial charge < -0.3 is 10.2 Å². The number of carbonyl (C=O) groups excluding carboxylic acids is 1. The third kappa shape index (κ3) is 5.53. The minimum atomic E-state index is -3.16. The molecule has 1 aliphatic rings. The molecule has 7 heteroatoms. The van der Waals surface area contributed by atoms with Gasteiger partial charge >= 0.3 is 0 Å². The Balaban J connectivity index is 1.91. The molecule has 26 heavy (non-hydrogen) atoms. The molecule has 1 aromatic rings. The second-order valence-corrected chi connectivity index (χ2v) is 9.24. The predicted molar refractivity (Wildman–Crippen MR) is 104 cm³/mol. The van der Waals surface area contributed by atoms with Gasteiger partial charge in [0.05, 0.1) is 12.3 Å². The van der Waals surface area contributed by atoms with Crippen LogP contribution in [0.25, 0.3) is 0 Å². The summed E-state index contributed by atoms with van der Waals surface area (Å²) >= 11 is 0. The van der Waals surface area contributed by atoms with Crippen molar-refractivity contribution < 1.29 is 13.2 Å². The third-order valence-corrected chi connectivity index (χ3v) is 6.46. The van der Waals surface area contributed by atoms with E-state index in [2.05, 4.69) is 41.4 Å². The molecule has 146 valence electrons. The number of sulfonamides is 1. The molecule has 1 aromatic carbocycles. The largest absolute Gasteiger partial charge is 0.354 e. The summed E-state index contributed by atoms with van der Waals surface area (Å²) in [5.74, 6) is -0.0894. The smallest absolute Gasteiger partial charge is 0.223 e. The standard InChI is InChI=1S/C19H31N3O3S/c1-5-15-6-8-16(9-7-15)18(21(2)3)14-20-19(23)17-10-12-22(13-11-17)26(4,24)25/h6-9,17-18H,5,10-14H2,1-4H3,(H,20,23). The van der Waals surface area contributed by atoms with Crippen molar-refractivity contribution in [2.24, 2.45) is 5.92 Å². The number of amides is 1. The maximum atomic E-state index is 12.5. The Morgan fingerprint density at radius 2 is 1.81 bits per heavy atom. The van der Waals surface area contributed by atoms with Gasteiger partial charge in [-0.3, -0.25) is 4.79 Å². The van der Waals surface area contributed by atoms with Crippen LogP contribution in [0.5, 0.6) is 0 Å². The van der Waals surface area contributed by atoms with Crippen molar-refractivity contribution in [2.45, 2.75) is 32.2 Å². The number of likely N-dealkylation sites (N-methyl/N-ethyl adjacent to an activating group) is 1. The molecule has 0 saturated carbocycles. The van der Waals surface area contributed by atoms with Gasteiger partial charge in [0, 0.05) is 25.6 Å². The highest BCUT2D eigenvalue weighted by Gasteiger charge is 2.29. The van der Waals surface area contributed by atoms with Gasteiger partial charge in [-0.05, 0) is 44.5 Å². The van der Waals surface area contributed by atoms with Gasteiger partial charge in [0.1, 0.15) is 0 Å². The summed E-state index contributed by atoms with van der Waals surface area (Å²) in [7, 11) is 0.859. The molecule has 1 amide bonds. The van der Waals surface area contributed by atoms with E-state index in [9.17, 15) is 13.2 Å². The first-order chi connectivity index (χ1) is 12.2. The minimum absolute atomic E-state index is 0.0233. The molecule has 0 spiro atoms. The number of nitrogens with one attached hydrogen (secondary N) is 1. The lowest BCUT2D eigenvalue weighted by molar-refractivity contribution is -0.126. The van der Waals surface area contributed by atoms with Crippen molar-refractivity contribution in [3.8, 4) is 0 Å². The fourth-order valence-corrected chi connectivity index (χ4v) is 4.24. The van der Waals surface area contributed by atoms with Crippen LogP contribution in [-0.4, -0.2) is 63.5 Å². The van der Waals surface area contributed by atoms with Crippen LogP contribution >= 0.6 is 0 Å². The highest BCUT2D eigenvalue weighted by Crippen LogP contribution is 2.21. The summed E-state index contributed by atoms with van der Waals surface area (Å²) in [4.78, 5) is 14.6. The van der Waals surface area contributed by atoms with Gasteiger partial charge in [-0.15, -0.1) is 0 Å². The second-order valence-electron chi connectivity index (χ2n) is 7.26. The van der Waals surface area contributed by atoms with E-state index in [4.69, 9.17) is 0 Å². The van der Waals surface area contributed by atoms with Gasteiger partial charge in [-0.1, -0.05) is 31.2 Å². The summed E-state index contributed by atoms with van der Waals surface area (Å²) in [5, 5.41) is 3.07. The third-order valence-electron chi connectivity index (χ3n) is 5.16. The Hall–Kier alpha value is -1.44. The Kier molecular flexibility index (Phi) is 7.20. The molecule has 1 heterocycles. The van der Waals surface area contributed by atoms with Crippen molar-refractivity contribution in [3.63, 3.8) is 0 Å². The monoisotopic (exact) mass is 381 g/mol. The molecule has 0 aromatic heterocycles. The molecule has 6 nitrogen and oxygen atoms in total. The molecule has 1 saturated heterocycles. The van der Waals surface area contributed by atoms with E-state index in [0.29, 0.717) is 32.5 Å². The number of rotatable bonds is 7. The number of nitrogens with zero attached hydrogens (tertiary/aromatic N) is 2. The van der Waals surface area contributed by atoms with E-state index in [1.54, 1.807) is 0 Å². The van der Waals surface area contributed by atoms with Crippen LogP contribution in [0.3, 0.4) is 0 Å². The first kappa shape index (κ1) is 20.9. The Bertz CT molecular complexity index is 693. The first-order valence-electron chi connectivity index (χ1n) is 9.20. The van der Waals surface area contributed by atoms with E-state index in [-0.39, 0.29) is 17.9 Å². The number of hydrogen-bond donors (Lipinski definition) is 1. The van der Waals surface area contributed by atoms with Gasteiger partial charge in [0.2, 0.25) is 15.9 Å². The van der Waals surface area contributed by atoms with Crippen LogP contribution in [-0.2, 0) is 21.2 Å². The van der Waals surface area contributed by atoms with Crippen molar-refractivity contribution in [2.75, 3.05) is 40.0 Å². The zero-order valence-electron chi connectivity index (χ0n) is 16.2. The Morgan fingerprint density at radius 1 is 1.23 bits per heavy atom. The molecule has 1 unspecified atom stereocenters. The van der Waals surface area contributed by atoms with E-state index >= 15 is 0 Å². The van der Waals surface area contributed by atoms with Crippen LogP contribution in [0.2, 0.25) is 0 Å². The SMILES string of the molecule is CCc1ccc(C(CNC(=O)C2CCN(S(C)(=O)=O)CC2)N(C)C)cc1. The fraction of sp³-hybridized carbons (Fsp3) is 0.632. The lowest BCUT2D eigenvalue weighted by Crippen LogP contribution is -2.44. The number of aryl methyl sites for hydroxylation is 1. The zero-order chi connectivity index (χ0) is 19.3. The lowest BCUT2D eigenvalue weighted by atomic mass is 9.96. The van der Waals surface area contributed by atoms with Crippen molar-refractivity contribution >= 4 is 15.9 Å². The number of hydrogen-bond acceptors (Lipinski definition) is 4.